The average molecular weight is 419 g/mol. The number of benzene rings is 2. The summed E-state index contributed by atoms with van der Waals surface area (Å²) in [6.07, 6.45) is 4.35. The molecule has 2 N–H and O–H groups in total. The van der Waals surface area contributed by atoms with E-state index in [0.717, 1.165) is 0 Å². The number of amides is 2. The molecule has 9 nitrogen and oxygen atoms in total. The lowest BCUT2D eigenvalue weighted by Crippen LogP contribution is -2.24. The zero-order chi connectivity index (χ0) is 21.8. The second-order valence-electron chi connectivity index (χ2n) is 6.67. The van der Waals surface area contributed by atoms with E-state index >= 15 is 0 Å². The summed E-state index contributed by atoms with van der Waals surface area (Å²) < 4.78 is 16.6. The van der Waals surface area contributed by atoms with Crippen LogP contribution in [0, 0.1) is 5.82 Å². The standard InChI is InChI=1S/C21H18FN7O2/c1-14(29-13-23-12-24-29)20(30)25-15-6-8-16(9-7-15)26-21(31)18-10-11-28(27-18)19-5-3-2-4-17(19)22/h2-14H,1H3,(H,25,30)(H,26,31). The summed E-state index contributed by atoms with van der Waals surface area (Å²) in [6, 6.07) is 13.8. The Morgan fingerprint density at radius 2 is 1.71 bits per heavy atom. The Morgan fingerprint density at radius 3 is 2.39 bits per heavy atom. The van der Waals surface area contributed by atoms with E-state index in [-0.39, 0.29) is 17.3 Å². The molecule has 2 aromatic heterocycles. The molecule has 1 unspecified atom stereocenters. The van der Waals surface area contributed by atoms with E-state index in [1.165, 1.54) is 40.3 Å². The SMILES string of the molecule is CC(C(=O)Nc1ccc(NC(=O)c2ccn(-c3ccccc3F)n2)cc1)n1cncn1. The Morgan fingerprint density at radius 1 is 1.00 bits per heavy atom. The van der Waals surface area contributed by atoms with Crippen molar-refractivity contribution >= 4 is 23.2 Å². The molecule has 0 saturated carbocycles. The molecular weight excluding hydrogens is 401 g/mol. The van der Waals surface area contributed by atoms with Crippen molar-refractivity contribution in [1.29, 1.82) is 0 Å². The number of aromatic nitrogens is 5. The number of hydrogen-bond donors (Lipinski definition) is 2. The molecule has 4 aromatic rings. The van der Waals surface area contributed by atoms with Crippen LogP contribution < -0.4 is 10.6 Å². The van der Waals surface area contributed by atoms with Gasteiger partial charge in [-0.25, -0.2) is 18.7 Å². The Kier molecular flexibility index (Phi) is 5.52. The molecule has 0 saturated heterocycles. The van der Waals surface area contributed by atoms with Gasteiger partial charge in [0.2, 0.25) is 5.91 Å². The number of carbonyl (C=O) groups excluding carboxylic acids is 2. The van der Waals surface area contributed by atoms with Crippen LogP contribution in [0.1, 0.15) is 23.5 Å². The molecule has 0 bridgehead atoms. The third-order valence-corrected chi connectivity index (χ3v) is 4.54. The number of hydrogen-bond acceptors (Lipinski definition) is 5. The van der Waals surface area contributed by atoms with E-state index in [0.29, 0.717) is 11.4 Å². The van der Waals surface area contributed by atoms with Crippen molar-refractivity contribution < 1.29 is 14.0 Å². The van der Waals surface area contributed by atoms with Crippen LogP contribution in [0.2, 0.25) is 0 Å². The lowest BCUT2D eigenvalue weighted by Gasteiger charge is -2.12. The van der Waals surface area contributed by atoms with Gasteiger partial charge in [0.25, 0.3) is 5.91 Å². The van der Waals surface area contributed by atoms with Gasteiger partial charge < -0.3 is 10.6 Å². The van der Waals surface area contributed by atoms with Crippen molar-refractivity contribution in [3.8, 4) is 5.69 Å². The van der Waals surface area contributed by atoms with Crippen molar-refractivity contribution in [2.24, 2.45) is 0 Å². The molecule has 0 fully saturated rings. The quantitative estimate of drug-likeness (QED) is 0.500. The Labute approximate surface area is 176 Å². The lowest BCUT2D eigenvalue weighted by molar-refractivity contribution is -0.119. The maximum absolute atomic E-state index is 13.9. The molecule has 4 rings (SSSR count). The van der Waals surface area contributed by atoms with Crippen LogP contribution in [-0.2, 0) is 4.79 Å². The monoisotopic (exact) mass is 419 g/mol. The number of halogens is 1. The minimum Gasteiger partial charge on any atom is -0.324 e. The van der Waals surface area contributed by atoms with E-state index < -0.39 is 17.8 Å². The highest BCUT2D eigenvalue weighted by Crippen LogP contribution is 2.17. The molecular formula is C21H18FN7O2. The summed E-state index contributed by atoms with van der Waals surface area (Å²) in [4.78, 5) is 28.6. The Balaban J connectivity index is 1.38. The normalized spacial score (nSPS) is 11.7. The van der Waals surface area contributed by atoms with Gasteiger partial charge in [0.05, 0.1) is 0 Å². The number of nitrogens with zero attached hydrogens (tertiary/aromatic N) is 5. The molecule has 31 heavy (non-hydrogen) atoms. The number of carbonyl (C=O) groups is 2. The van der Waals surface area contributed by atoms with Gasteiger partial charge in [-0.15, -0.1) is 0 Å². The van der Waals surface area contributed by atoms with Crippen LogP contribution in [-0.4, -0.2) is 36.4 Å². The van der Waals surface area contributed by atoms with Crippen LogP contribution >= 0.6 is 0 Å². The smallest absolute Gasteiger partial charge is 0.276 e. The van der Waals surface area contributed by atoms with Crippen LogP contribution in [0.5, 0.6) is 0 Å². The molecule has 1 atom stereocenters. The Bertz CT molecular complexity index is 1200. The summed E-state index contributed by atoms with van der Waals surface area (Å²) in [5, 5.41) is 13.6. The summed E-state index contributed by atoms with van der Waals surface area (Å²) >= 11 is 0. The second kappa shape index (κ2) is 8.57. The van der Waals surface area contributed by atoms with Gasteiger partial charge in [-0.1, -0.05) is 12.1 Å². The van der Waals surface area contributed by atoms with Crippen molar-refractivity contribution in [3.05, 3.63) is 85.0 Å². The van der Waals surface area contributed by atoms with E-state index in [2.05, 4.69) is 25.8 Å². The second-order valence-corrected chi connectivity index (χ2v) is 6.67. The van der Waals surface area contributed by atoms with E-state index in [1.54, 1.807) is 49.4 Å². The van der Waals surface area contributed by atoms with Crippen LogP contribution in [0.15, 0.2) is 73.4 Å². The highest BCUT2D eigenvalue weighted by molar-refractivity contribution is 6.03. The van der Waals surface area contributed by atoms with Crippen molar-refractivity contribution in [3.63, 3.8) is 0 Å². The average Bonchev–Trinajstić information content (AvgIpc) is 3.47. The molecule has 2 aromatic carbocycles. The molecule has 0 spiro atoms. The van der Waals surface area contributed by atoms with Gasteiger partial charge >= 0.3 is 0 Å². The maximum Gasteiger partial charge on any atom is 0.276 e. The first-order chi connectivity index (χ1) is 15.0. The molecule has 0 radical (unpaired) electrons. The Hall–Kier alpha value is -4.34. The van der Waals surface area contributed by atoms with Crippen molar-refractivity contribution in [2.75, 3.05) is 10.6 Å². The van der Waals surface area contributed by atoms with Crippen molar-refractivity contribution in [2.45, 2.75) is 13.0 Å². The lowest BCUT2D eigenvalue weighted by atomic mass is 10.2. The molecule has 2 heterocycles. The summed E-state index contributed by atoms with van der Waals surface area (Å²) in [6.45, 7) is 1.71. The highest BCUT2D eigenvalue weighted by atomic mass is 19.1. The van der Waals surface area contributed by atoms with Gasteiger partial charge in [-0.05, 0) is 49.4 Å². The van der Waals surface area contributed by atoms with Gasteiger partial charge in [0.15, 0.2) is 5.69 Å². The van der Waals surface area contributed by atoms with E-state index in [9.17, 15) is 14.0 Å². The minimum absolute atomic E-state index is 0.141. The number of nitrogens with one attached hydrogen (secondary N) is 2. The summed E-state index contributed by atoms with van der Waals surface area (Å²) in [5.41, 5.74) is 1.48. The fraction of sp³-hybridized carbons (Fsp3) is 0.0952. The zero-order valence-corrected chi connectivity index (χ0v) is 16.4. The van der Waals surface area contributed by atoms with Crippen LogP contribution in [0.4, 0.5) is 15.8 Å². The van der Waals surface area contributed by atoms with Crippen LogP contribution in [0.3, 0.4) is 0 Å². The van der Waals surface area contributed by atoms with Crippen molar-refractivity contribution in [1.82, 2.24) is 24.5 Å². The molecule has 0 aliphatic rings. The minimum atomic E-state index is -0.522. The molecule has 0 aliphatic heterocycles. The fourth-order valence-electron chi connectivity index (χ4n) is 2.83. The predicted molar refractivity (Wildman–Crippen MR) is 111 cm³/mol. The topological polar surface area (TPSA) is 107 Å². The number of anilines is 2. The van der Waals surface area contributed by atoms with Gasteiger partial charge in [0.1, 0.15) is 30.2 Å². The third kappa shape index (κ3) is 4.47. The molecule has 2 amide bonds. The summed E-state index contributed by atoms with van der Waals surface area (Å²) in [7, 11) is 0. The first kappa shape index (κ1) is 20.0. The first-order valence-corrected chi connectivity index (χ1v) is 9.38. The van der Waals surface area contributed by atoms with E-state index in [1.807, 2.05) is 0 Å². The number of rotatable bonds is 6. The van der Waals surface area contributed by atoms with Crippen LogP contribution in [0.25, 0.3) is 5.69 Å². The van der Waals surface area contributed by atoms with Gasteiger partial charge in [-0.3, -0.25) is 9.59 Å². The zero-order valence-electron chi connectivity index (χ0n) is 16.4. The third-order valence-electron chi connectivity index (χ3n) is 4.54. The summed E-state index contributed by atoms with van der Waals surface area (Å²) in [5.74, 6) is -1.12. The van der Waals surface area contributed by atoms with Gasteiger partial charge in [0, 0.05) is 17.6 Å². The highest BCUT2D eigenvalue weighted by Gasteiger charge is 2.16. The molecule has 0 aliphatic carbocycles. The fourth-order valence-corrected chi connectivity index (χ4v) is 2.83. The molecule has 156 valence electrons. The largest absolute Gasteiger partial charge is 0.324 e. The first-order valence-electron chi connectivity index (χ1n) is 9.38. The maximum atomic E-state index is 13.9. The van der Waals surface area contributed by atoms with E-state index in [4.69, 9.17) is 0 Å². The molecule has 10 heteroatoms. The van der Waals surface area contributed by atoms with Gasteiger partial charge in [-0.2, -0.15) is 10.2 Å². The predicted octanol–water partition coefficient (Wildman–Crippen LogP) is 3.05. The number of para-hydroxylation sites is 1.